The molecule has 2 aromatic rings. The van der Waals surface area contributed by atoms with Crippen molar-refractivity contribution in [3.8, 4) is 0 Å². The number of hydrogen-bond donors (Lipinski definition) is 3. The maximum Gasteiger partial charge on any atom is 0.405 e. The van der Waals surface area contributed by atoms with Gasteiger partial charge in [-0.2, -0.15) is 0 Å². The van der Waals surface area contributed by atoms with Gasteiger partial charge < -0.3 is 19.9 Å². The molecule has 7 nitrogen and oxygen atoms in total. The van der Waals surface area contributed by atoms with E-state index in [1.807, 2.05) is 24.3 Å². The minimum absolute atomic E-state index is 0.106. The molecule has 0 bridgehead atoms. The fraction of sp³-hybridized carbons (Fsp3) is 0.308. The molecule has 0 spiro atoms. The van der Waals surface area contributed by atoms with Gasteiger partial charge in [0.05, 0.1) is 6.61 Å². The van der Waals surface area contributed by atoms with E-state index in [0.29, 0.717) is 6.42 Å². The van der Waals surface area contributed by atoms with Crippen molar-refractivity contribution < 1.29 is 19.4 Å². The molecule has 3 N–H and O–H groups in total. The number of aliphatic hydroxyl groups is 1. The van der Waals surface area contributed by atoms with Crippen molar-refractivity contribution in [3.63, 3.8) is 0 Å². The monoisotopic (exact) mass is 355 g/mol. The van der Waals surface area contributed by atoms with Crippen LogP contribution in [0.4, 0.5) is 4.79 Å². The summed E-state index contributed by atoms with van der Waals surface area (Å²) in [6.07, 6.45) is -0.537. The molecule has 0 saturated heterocycles. The molecule has 0 fully saturated rings. The molecule has 1 heterocycles. The van der Waals surface area contributed by atoms with Crippen molar-refractivity contribution in [1.29, 1.82) is 0 Å². The van der Waals surface area contributed by atoms with Crippen LogP contribution in [0.25, 0.3) is 0 Å². The fourth-order valence-electron chi connectivity index (χ4n) is 1.81. The van der Waals surface area contributed by atoms with Gasteiger partial charge in [0, 0.05) is 17.3 Å². The summed E-state index contributed by atoms with van der Waals surface area (Å²) in [5.41, 5.74) is 0.929. The lowest BCUT2D eigenvalue weighted by Crippen LogP contribution is -2.28. The molecule has 1 atom stereocenters. The summed E-state index contributed by atoms with van der Waals surface area (Å²) in [7, 11) is 0. The summed E-state index contributed by atoms with van der Waals surface area (Å²) in [6.45, 7) is -0.106. The van der Waals surface area contributed by atoms with Crippen LogP contribution in [0, 0.1) is 0 Å². The molecule has 1 amide bonds. The van der Waals surface area contributed by atoms with E-state index in [-0.39, 0.29) is 24.8 Å². The molecule has 112 valence electrons. The average Bonchev–Trinajstić information content (AvgIpc) is 2.89. The Hall–Kier alpha value is -1.93. The highest BCUT2D eigenvalue weighted by molar-refractivity contribution is 9.10. The second-order valence-electron chi connectivity index (χ2n) is 4.34. The Balaban J connectivity index is 2.16. The van der Waals surface area contributed by atoms with E-state index in [9.17, 15) is 4.79 Å². The third-order valence-electron chi connectivity index (χ3n) is 2.76. The van der Waals surface area contributed by atoms with Crippen LogP contribution in [-0.2, 0) is 12.8 Å². The summed E-state index contributed by atoms with van der Waals surface area (Å²) in [5, 5.41) is 27.7. The Morgan fingerprint density at radius 2 is 2.05 bits per heavy atom. The summed E-state index contributed by atoms with van der Waals surface area (Å²) in [6, 6.07) is 6.87. The highest BCUT2D eigenvalue weighted by atomic mass is 79.9. The molecule has 1 unspecified atom stereocenters. The minimum atomic E-state index is -1.17. The van der Waals surface area contributed by atoms with Gasteiger partial charge in [0.1, 0.15) is 6.04 Å². The van der Waals surface area contributed by atoms with Gasteiger partial charge in [0.25, 0.3) is 0 Å². The van der Waals surface area contributed by atoms with Gasteiger partial charge in [-0.25, -0.2) is 4.79 Å². The maximum atomic E-state index is 10.9. The fourth-order valence-corrected chi connectivity index (χ4v) is 2.07. The molecule has 8 heteroatoms. The van der Waals surface area contributed by atoms with Crippen LogP contribution in [0.15, 0.2) is 33.2 Å². The van der Waals surface area contributed by atoms with Crippen LogP contribution in [0.3, 0.4) is 0 Å². The number of benzene rings is 1. The number of nitrogens with zero attached hydrogens (tertiary/aromatic N) is 2. The number of rotatable bonds is 6. The number of aliphatic hydroxyl groups excluding tert-OH is 1. The number of carboxylic acid groups (broad SMARTS) is 1. The van der Waals surface area contributed by atoms with Gasteiger partial charge in [-0.05, 0) is 17.7 Å². The van der Waals surface area contributed by atoms with Gasteiger partial charge in [-0.3, -0.25) is 0 Å². The van der Waals surface area contributed by atoms with Gasteiger partial charge in [-0.1, -0.05) is 28.1 Å². The standard InChI is InChI=1S/C13H14BrN3O4/c14-9-3-1-8(2-4-9)7-10(15-13(19)20)12-17-16-11(21-12)5-6-18/h1-4,10,15,18H,5-7H2,(H,19,20). The van der Waals surface area contributed by atoms with E-state index in [4.69, 9.17) is 14.6 Å². The van der Waals surface area contributed by atoms with Crippen molar-refractivity contribution in [2.75, 3.05) is 6.61 Å². The Morgan fingerprint density at radius 1 is 1.33 bits per heavy atom. The van der Waals surface area contributed by atoms with E-state index < -0.39 is 12.1 Å². The lowest BCUT2D eigenvalue weighted by molar-refractivity contribution is 0.187. The first-order valence-corrected chi connectivity index (χ1v) is 7.05. The van der Waals surface area contributed by atoms with Crippen LogP contribution >= 0.6 is 15.9 Å². The van der Waals surface area contributed by atoms with Crippen molar-refractivity contribution in [2.45, 2.75) is 18.9 Å². The molecule has 0 radical (unpaired) electrons. The number of aromatic nitrogens is 2. The maximum absolute atomic E-state index is 10.9. The molecule has 0 aliphatic rings. The van der Waals surface area contributed by atoms with E-state index in [2.05, 4.69) is 31.4 Å². The van der Waals surface area contributed by atoms with Crippen LogP contribution in [-0.4, -0.2) is 33.1 Å². The highest BCUT2D eigenvalue weighted by Crippen LogP contribution is 2.19. The Bertz CT molecular complexity index is 600. The molecule has 21 heavy (non-hydrogen) atoms. The molecule has 0 aliphatic heterocycles. The molecule has 0 saturated carbocycles. The van der Waals surface area contributed by atoms with Crippen LogP contribution in [0.2, 0.25) is 0 Å². The second kappa shape index (κ2) is 7.19. The van der Waals surface area contributed by atoms with E-state index >= 15 is 0 Å². The zero-order valence-electron chi connectivity index (χ0n) is 11.0. The van der Waals surface area contributed by atoms with Gasteiger partial charge >= 0.3 is 6.09 Å². The largest absolute Gasteiger partial charge is 0.465 e. The highest BCUT2D eigenvalue weighted by Gasteiger charge is 2.21. The Morgan fingerprint density at radius 3 is 2.67 bits per heavy atom. The van der Waals surface area contributed by atoms with Crippen molar-refractivity contribution in [3.05, 3.63) is 46.1 Å². The number of hydrogen-bond acceptors (Lipinski definition) is 5. The number of carbonyl (C=O) groups is 1. The third-order valence-corrected chi connectivity index (χ3v) is 3.29. The summed E-state index contributed by atoms with van der Waals surface area (Å²) in [4.78, 5) is 10.9. The van der Waals surface area contributed by atoms with Gasteiger partial charge in [0.15, 0.2) is 0 Å². The third kappa shape index (κ3) is 4.54. The molecule has 1 aromatic carbocycles. The molecular weight excluding hydrogens is 342 g/mol. The number of amides is 1. The summed E-state index contributed by atoms with van der Waals surface area (Å²) < 4.78 is 6.31. The van der Waals surface area contributed by atoms with Gasteiger partial charge in [-0.15, -0.1) is 10.2 Å². The zero-order chi connectivity index (χ0) is 15.2. The average molecular weight is 356 g/mol. The van der Waals surface area contributed by atoms with E-state index in [1.165, 1.54) is 0 Å². The van der Waals surface area contributed by atoms with Gasteiger partial charge in [0.2, 0.25) is 11.8 Å². The quantitative estimate of drug-likeness (QED) is 0.730. The minimum Gasteiger partial charge on any atom is -0.465 e. The first kappa shape index (κ1) is 15.5. The lowest BCUT2D eigenvalue weighted by Gasteiger charge is -2.13. The Kier molecular flexibility index (Phi) is 5.29. The first-order valence-electron chi connectivity index (χ1n) is 6.25. The smallest absolute Gasteiger partial charge is 0.405 e. The molecule has 2 rings (SSSR count). The first-order chi connectivity index (χ1) is 10.1. The Labute approximate surface area is 129 Å². The van der Waals surface area contributed by atoms with E-state index in [0.717, 1.165) is 10.0 Å². The number of halogens is 1. The topological polar surface area (TPSA) is 108 Å². The predicted molar refractivity (Wildman–Crippen MR) is 76.8 cm³/mol. The molecule has 1 aromatic heterocycles. The van der Waals surface area contributed by atoms with E-state index in [1.54, 1.807) is 0 Å². The SMILES string of the molecule is O=C(O)NC(Cc1ccc(Br)cc1)c1nnc(CCO)o1. The van der Waals surface area contributed by atoms with Crippen molar-refractivity contribution in [1.82, 2.24) is 15.5 Å². The van der Waals surface area contributed by atoms with Crippen LogP contribution in [0.5, 0.6) is 0 Å². The second-order valence-corrected chi connectivity index (χ2v) is 5.26. The van der Waals surface area contributed by atoms with Crippen molar-refractivity contribution >= 4 is 22.0 Å². The predicted octanol–water partition coefficient (Wildman–Crippen LogP) is 1.92. The summed E-state index contributed by atoms with van der Waals surface area (Å²) in [5.74, 6) is 0.462. The molecule has 0 aliphatic carbocycles. The van der Waals surface area contributed by atoms with Crippen molar-refractivity contribution in [2.24, 2.45) is 0 Å². The normalized spacial score (nSPS) is 12.1. The molecular formula is C13H14BrN3O4. The number of nitrogens with one attached hydrogen (secondary N) is 1. The lowest BCUT2D eigenvalue weighted by atomic mass is 10.1. The summed E-state index contributed by atoms with van der Waals surface area (Å²) >= 11 is 3.34. The zero-order valence-corrected chi connectivity index (χ0v) is 12.6. The van der Waals surface area contributed by atoms with Crippen LogP contribution < -0.4 is 5.32 Å². The van der Waals surface area contributed by atoms with Crippen LogP contribution in [0.1, 0.15) is 23.4 Å².